The van der Waals surface area contributed by atoms with Gasteiger partial charge >= 0.3 is 5.97 Å². The van der Waals surface area contributed by atoms with E-state index in [1.54, 1.807) is 0 Å². The van der Waals surface area contributed by atoms with Crippen LogP contribution in [0.25, 0.3) is 0 Å². The van der Waals surface area contributed by atoms with Gasteiger partial charge in [-0.15, -0.1) is 11.8 Å². The van der Waals surface area contributed by atoms with Crippen LogP contribution in [-0.2, 0) is 14.3 Å². The molecule has 86 valence electrons. The van der Waals surface area contributed by atoms with Crippen LogP contribution in [0.3, 0.4) is 0 Å². The summed E-state index contributed by atoms with van der Waals surface area (Å²) in [6.45, 7) is 0.104. The van der Waals surface area contributed by atoms with Crippen LogP contribution in [0.15, 0.2) is 0 Å². The summed E-state index contributed by atoms with van der Waals surface area (Å²) in [7, 11) is 1.44. The van der Waals surface area contributed by atoms with Crippen molar-refractivity contribution in [2.45, 2.75) is 12.1 Å². The zero-order chi connectivity index (χ0) is 11.4. The summed E-state index contributed by atoms with van der Waals surface area (Å²) in [5, 5.41) is 8.86. The molecule has 0 aromatic rings. The fraction of sp³-hybridized carbons (Fsp3) is 0.750. The molecule has 1 aliphatic heterocycles. The molecule has 6 nitrogen and oxygen atoms in total. The van der Waals surface area contributed by atoms with Gasteiger partial charge in [-0.1, -0.05) is 0 Å². The summed E-state index contributed by atoms with van der Waals surface area (Å²) in [5.74, 6) is -0.555. The third-order valence-corrected chi connectivity index (χ3v) is 3.13. The number of nitrogens with zero attached hydrogens (tertiary/aromatic N) is 1. The first-order valence-corrected chi connectivity index (χ1v) is 5.59. The number of carbonyl (C=O) groups is 2. The van der Waals surface area contributed by atoms with E-state index in [1.807, 2.05) is 0 Å². The zero-order valence-corrected chi connectivity index (χ0v) is 9.20. The predicted octanol–water partition coefficient (Wildman–Crippen LogP) is -1.05. The van der Waals surface area contributed by atoms with Crippen LogP contribution in [0, 0.1) is 0 Å². The summed E-state index contributed by atoms with van der Waals surface area (Å²) in [4.78, 5) is 23.8. The fourth-order valence-corrected chi connectivity index (χ4v) is 2.48. The van der Waals surface area contributed by atoms with Crippen LogP contribution < -0.4 is 5.73 Å². The molecular weight excluding hydrogens is 220 g/mol. The van der Waals surface area contributed by atoms with Crippen LogP contribution in [0.1, 0.15) is 0 Å². The second kappa shape index (κ2) is 5.34. The highest BCUT2D eigenvalue weighted by Crippen LogP contribution is 2.21. The summed E-state index contributed by atoms with van der Waals surface area (Å²) >= 11 is 1.41. The number of ether oxygens (including phenoxy) is 1. The number of amides is 1. The number of aliphatic carboxylic acids is 1. The Morgan fingerprint density at radius 2 is 2.40 bits per heavy atom. The van der Waals surface area contributed by atoms with Gasteiger partial charge in [0.15, 0.2) is 0 Å². The second-order valence-electron chi connectivity index (χ2n) is 3.22. The van der Waals surface area contributed by atoms with Crippen molar-refractivity contribution in [3.63, 3.8) is 0 Å². The Labute approximate surface area is 91.7 Å². The summed E-state index contributed by atoms with van der Waals surface area (Å²) < 4.78 is 4.75. The summed E-state index contributed by atoms with van der Waals surface area (Å²) in [5.41, 5.74) is 5.55. The average Bonchev–Trinajstić information content (AvgIpc) is 2.65. The third kappa shape index (κ3) is 2.83. The molecule has 1 amide bonds. The minimum absolute atomic E-state index is 0.104. The molecule has 1 unspecified atom stereocenters. The number of nitrogens with two attached hydrogens (primary N) is 1. The molecule has 1 fully saturated rings. The molecule has 1 rings (SSSR count). The van der Waals surface area contributed by atoms with Gasteiger partial charge in [-0.05, 0) is 0 Å². The lowest BCUT2D eigenvalue weighted by atomic mass is 10.2. The molecule has 0 bridgehead atoms. The predicted molar refractivity (Wildman–Crippen MR) is 55.4 cm³/mol. The van der Waals surface area contributed by atoms with Gasteiger partial charge in [0, 0.05) is 12.9 Å². The van der Waals surface area contributed by atoms with Crippen molar-refractivity contribution >= 4 is 23.6 Å². The van der Waals surface area contributed by atoms with Crippen LogP contribution in [0.2, 0.25) is 0 Å². The van der Waals surface area contributed by atoms with E-state index in [9.17, 15) is 9.59 Å². The number of thioether (sulfide) groups is 1. The van der Waals surface area contributed by atoms with Gasteiger partial charge in [0.25, 0.3) is 0 Å². The molecule has 0 aromatic carbocycles. The van der Waals surface area contributed by atoms with Crippen LogP contribution in [-0.4, -0.2) is 59.3 Å². The highest BCUT2D eigenvalue weighted by molar-refractivity contribution is 7.99. The van der Waals surface area contributed by atoms with Crippen molar-refractivity contribution in [3.05, 3.63) is 0 Å². The van der Waals surface area contributed by atoms with Crippen molar-refractivity contribution in [3.8, 4) is 0 Å². The van der Waals surface area contributed by atoms with E-state index in [0.717, 1.165) is 0 Å². The van der Waals surface area contributed by atoms with Crippen molar-refractivity contribution in [2.24, 2.45) is 5.73 Å². The molecule has 0 aliphatic carbocycles. The normalized spacial score (nSPS) is 22.8. The van der Waals surface area contributed by atoms with E-state index in [0.29, 0.717) is 11.6 Å². The van der Waals surface area contributed by atoms with Crippen LogP contribution >= 0.6 is 11.8 Å². The van der Waals surface area contributed by atoms with Crippen molar-refractivity contribution in [2.75, 3.05) is 25.3 Å². The standard InChI is InChI=1S/C8H14N2O4S/c1-14-2-5(9)7(11)10-4-15-3-6(10)8(12)13/h5-6H,2-4,9H2,1H3,(H,12,13)/t5?,6-/m0/s1. The quantitative estimate of drug-likeness (QED) is 0.644. The topological polar surface area (TPSA) is 92.9 Å². The molecule has 3 N–H and O–H groups in total. The van der Waals surface area contributed by atoms with Crippen molar-refractivity contribution in [1.29, 1.82) is 0 Å². The maximum absolute atomic E-state index is 11.7. The lowest BCUT2D eigenvalue weighted by Gasteiger charge is -2.23. The average molecular weight is 234 g/mol. The third-order valence-electron chi connectivity index (χ3n) is 2.11. The number of carbonyl (C=O) groups excluding carboxylic acids is 1. The maximum atomic E-state index is 11.7. The van der Waals surface area contributed by atoms with Crippen molar-refractivity contribution < 1.29 is 19.4 Å². The molecule has 0 spiro atoms. The molecule has 0 radical (unpaired) electrons. The Balaban J connectivity index is 2.62. The monoisotopic (exact) mass is 234 g/mol. The molecule has 7 heteroatoms. The molecule has 1 aliphatic rings. The van der Waals surface area contributed by atoms with Crippen molar-refractivity contribution in [1.82, 2.24) is 4.90 Å². The molecule has 1 saturated heterocycles. The number of carboxylic acid groups (broad SMARTS) is 1. The molecule has 15 heavy (non-hydrogen) atoms. The largest absolute Gasteiger partial charge is 0.480 e. The molecule has 0 saturated carbocycles. The highest BCUT2D eigenvalue weighted by atomic mass is 32.2. The number of methoxy groups -OCH3 is 1. The summed E-state index contributed by atoms with van der Waals surface area (Å²) in [6, 6.07) is -1.54. The smallest absolute Gasteiger partial charge is 0.327 e. The Kier molecular flexibility index (Phi) is 4.37. The number of carboxylic acids is 1. The summed E-state index contributed by atoms with van der Waals surface area (Å²) in [6.07, 6.45) is 0. The highest BCUT2D eigenvalue weighted by Gasteiger charge is 2.36. The first-order valence-electron chi connectivity index (χ1n) is 4.43. The van der Waals surface area contributed by atoms with Gasteiger partial charge < -0.3 is 20.5 Å². The van der Waals surface area contributed by atoms with E-state index in [1.165, 1.54) is 23.8 Å². The van der Waals surface area contributed by atoms with Gasteiger partial charge in [-0.2, -0.15) is 0 Å². The number of hydrogen-bond donors (Lipinski definition) is 2. The van der Waals surface area contributed by atoms with E-state index in [4.69, 9.17) is 15.6 Å². The molecular formula is C8H14N2O4S. The lowest BCUT2D eigenvalue weighted by molar-refractivity contribution is -0.148. The molecule has 1 heterocycles. The van der Waals surface area contributed by atoms with Crippen LogP contribution in [0.4, 0.5) is 0 Å². The van der Waals surface area contributed by atoms with Gasteiger partial charge in [0.1, 0.15) is 12.1 Å². The Hall–Kier alpha value is -0.790. The fourth-order valence-electron chi connectivity index (χ4n) is 1.33. The number of rotatable bonds is 4. The lowest BCUT2D eigenvalue weighted by Crippen LogP contribution is -2.50. The minimum Gasteiger partial charge on any atom is -0.480 e. The molecule has 2 atom stereocenters. The van der Waals surface area contributed by atoms with Gasteiger partial charge in [0.2, 0.25) is 5.91 Å². The van der Waals surface area contributed by atoms with Gasteiger partial charge in [-0.3, -0.25) is 4.79 Å². The zero-order valence-electron chi connectivity index (χ0n) is 8.38. The first-order chi connectivity index (χ1) is 7.07. The Bertz CT molecular complexity index is 261. The van der Waals surface area contributed by atoms with E-state index in [2.05, 4.69) is 0 Å². The van der Waals surface area contributed by atoms with Crippen LogP contribution in [0.5, 0.6) is 0 Å². The van der Waals surface area contributed by atoms with Gasteiger partial charge in [0.05, 0.1) is 12.5 Å². The Morgan fingerprint density at radius 3 is 2.93 bits per heavy atom. The molecule has 0 aromatic heterocycles. The van der Waals surface area contributed by atoms with E-state index in [-0.39, 0.29) is 12.5 Å². The second-order valence-corrected chi connectivity index (χ2v) is 4.22. The van der Waals surface area contributed by atoms with E-state index < -0.39 is 18.1 Å². The van der Waals surface area contributed by atoms with E-state index >= 15 is 0 Å². The maximum Gasteiger partial charge on any atom is 0.327 e. The Morgan fingerprint density at radius 1 is 1.73 bits per heavy atom. The number of hydrogen-bond acceptors (Lipinski definition) is 5. The SMILES string of the molecule is COCC(N)C(=O)N1CSC[C@H]1C(=O)O. The first kappa shape index (κ1) is 12.3. The minimum atomic E-state index is -0.988. The van der Waals surface area contributed by atoms with Gasteiger partial charge in [-0.25, -0.2) is 4.79 Å².